The van der Waals surface area contributed by atoms with Crippen molar-refractivity contribution < 1.29 is 24.2 Å². The van der Waals surface area contributed by atoms with Gasteiger partial charge in [-0.05, 0) is 42.3 Å². The Balaban J connectivity index is 1.82. The van der Waals surface area contributed by atoms with E-state index in [1.165, 1.54) is 0 Å². The number of benzene rings is 2. The third kappa shape index (κ3) is 7.12. The van der Waals surface area contributed by atoms with Gasteiger partial charge in [0, 0.05) is 36.4 Å². The van der Waals surface area contributed by atoms with Crippen LogP contribution in [0.25, 0.3) is 0 Å². The number of amides is 2. The van der Waals surface area contributed by atoms with Crippen molar-refractivity contribution in [1.82, 2.24) is 5.32 Å². The minimum atomic E-state index is -0.302. The van der Waals surface area contributed by atoms with E-state index in [0.717, 1.165) is 0 Å². The van der Waals surface area contributed by atoms with Crippen molar-refractivity contribution in [2.75, 3.05) is 32.2 Å². The number of anilines is 1. The fourth-order valence-corrected chi connectivity index (χ4v) is 2.59. The maximum Gasteiger partial charge on any atom is 0.262 e. The lowest BCUT2D eigenvalue weighted by Gasteiger charge is -2.18. The van der Waals surface area contributed by atoms with Crippen LogP contribution < -0.4 is 20.1 Å². The number of carbonyl (C=O) groups excluding carboxylic acids is 2. The molecule has 0 aliphatic heterocycles. The van der Waals surface area contributed by atoms with Crippen LogP contribution in [-0.4, -0.2) is 43.8 Å². The summed E-state index contributed by atoms with van der Waals surface area (Å²) in [6, 6.07) is 13.6. The van der Waals surface area contributed by atoms with Crippen molar-refractivity contribution in [1.29, 1.82) is 0 Å². The molecule has 0 saturated carbocycles. The highest BCUT2D eigenvalue weighted by Crippen LogP contribution is 2.17. The maximum absolute atomic E-state index is 12.2. The molecule has 2 rings (SSSR count). The standard InChI is InChI=1S/C22H28N2O5/c1-15(2)17(13-25)12-23-22(27)16-7-9-19(10-8-16)29-14-21(26)24-18-5-4-6-20(11-18)28-3/h4-11,15,17,25H,12-14H2,1-3H3,(H,23,27)(H,24,26)/t17-/m1/s1. The molecule has 0 aliphatic rings. The first-order valence-corrected chi connectivity index (χ1v) is 9.48. The molecule has 0 saturated heterocycles. The second kappa shape index (κ2) is 11.1. The van der Waals surface area contributed by atoms with Crippen molar-refractivity contribution in [3.05, 3.63) is 54.1 Å². The van der Waals surface area contributed by atoms with E-state index >= 15 is 0 Å². The van der Waals surface area contributed by atoms with E-state index in [1.807, 2.05) is 13.8 Å². The summed E-state index contributed by atoms with van der Waals surface area (Å²) in [5.74, 6) is 0.910. The average molecular weight is 400 g/mol. The summed E-state index contributed by atoms with van der Waals surface area (Å²) in [5, 5.41) is 14.9. The molecule has 7 nitrogen and oxygen atoms in total. The van der Waals surface area contributed by atoms with Gasteiger partial charge in [-0.15, -0.1) is 0 Å². The predicted octanol–water partition coefficient (Wildman–Crippen LogP) is 2.71. The van der Waals surface area contributed by atoms with Crippen LogP contribution in [0.15, 0.2) is 48.5 Å². The number of carbonyl (C=O) groups is 2. The molecule has 0 spiro atoms. The van der Waals surface area contributed by atoms with Gasteiger partial charge in [0.05, 0.1) is 7.11 Å². The molecule has 0 aliphatic carbocycles. The lowest BCUT2D eigenvalue weighted by Crippen LogP contribution is -2.33. The second-order valence-electron chi connectivity index (χ2n) is 6.99. The molecule has 29 heavy (non-hydrogen) atoms. The number of rotatable bonds is 10. The Morgan fingerprint density at radius 1 is 1.07 bits per heavy atom. The van der Waals surface area contributed by atoms with Crippen LogP contribution in [0.1, 0.15) is 24.2 Å². The summed E-state index contributed by atoms with van der Waals surface area (Å²) in [6.07, 6.45) is 0. The molecule has 3 N–H and O–H groups in total. The van der Waals surface area contributed by atoms with E-state index in [2.05, 4.69) is 10.6 Å². The summed E-state index contributed by atoms with van der Waals surface area (Å²) in [7, 11) is 1.56. The smallest absolute Gasteiger partial charge is 0.262 e. The average Bonchev–Trinajstić information content (AvgIpc) is 2.72. The topological polar surface area (TPSA) is 96.9 Å². The van der Waals surface area contributed by atoms with E-state index in [9.17, 15) is 14.7 Å². The number of nitrogens with one attached hydrogen (secondary N) is 2. The van der Waals surface area contributed by atoms with Crippen molar-refractivity contribution >= 4 is 17.5 Å². The summed E-state index contributed by atoms with van der Waals surface area (Å²) in [6.45, 7) is 4.29. The van der Waals surface area contributed by atoms with Gasteiger partial charge < -0.3 is 25.2 Å². The van der Waals surface area contributed by atoms with E-state index in [-0.39, 0.29) is 36.9 Å². The van der Waals surface area contributed by atoms with Crippen molar-refractivity contribution in [3.63, 3.8) is 0 Å². The first kappa shape index (κ1) is 22.2. The molecule has 2 amide bonds. The van der Waals surface area contributed by atoms with Crippen LogP contribution in [-0.2, 0) is 4.79 Å². The van der Waals surface area contributed by atoms with Crippen LogP contribution >= 0.6 is 0 Å². The van der Waals surface area contributed by atoms with Crippen LogP contribution in [0.5, 0.6) is 11.5 Å². The molecule has 0 aromatic heterocycles. The number of methoxy groups -OCH3 is 1. The fraction of sp³-hybridized carbons (Fsp3) is 0.364. The van der Waals surface area contributed by atoms with Gasteiger partial charge in [0.25, 0.3) is 11.8 Å². The SMILES string of the molecule is COc1cccc(NC(=O)COc2ccc(C(=O)NC[C@H](CO)C(C)C)cc2)c1. The molecular formula is C22H28N2O5. The fourth-order valence-electron chi connectivity index (χ4n) is 2.59. The molecule has 0 fully saturated rings. The predicted molar refractivity (Wildman–Crippen MR) is 111 cm³/mol. The first-order chi connectivity index (χ1) is 13.9. The number of ether oxygens (including phenoxy) is 2. The van der Waals surface area contributed by atoms with Gasteiger partial charge in [0.1, 0.15) is 11.5 Å². The zero-order valence-electron chi connectivity index (χ0n) is 17.0. The minimum Gasteiger partial charge on any atom is -0.497 e. The molecule has 2 aromatic rings. The van der Waals surface area contributed by atoms with E-state index in [0.29, 0.717) is 29.3 Å². The second-order valence-corrected chi connectivity index (χ2v) is 6.99. The highest BCUT2D eigenvalue weighted by molar-refractivity contribution is 5.94. The van der Waals surface area contributed by atoms with Gasteiger partial charge in [0.2, 0.25) is 0 Å². The molecule has 7 heteroatoms. The minimum absolute atomic E-state index is 0.0182. The summed E-state index contributed by atoms with van der Waals surface area (Å²) < 4.78 is 10.6. The van der Waals surface area contributed by atoms with Gasteiger partial charge in [-0.2, -0.15) is 0 Å². The highest BCUT2D eigenvalue weighted by atomic mass is 16.5. The van der Waals surface area contributed by atoms with Crippen molar-refractivity contribution in [2.45, 2.75) is 13.8 Å². The quantitative estimate of drug-likeness (QED) is 0.570. The molecule has 2 aromatic carbocycles. The van der Waals surface area contributed by atoms with Gasteiger partial charge >= 0.3 is 0 Å². The molecule has 0 unspecified atom stereocenters. The zero-order valence-corrected chi connectivity index (χ0v) is 17.0. The molecule has 0 radical (unpaired) electrons. The lowest BCUT2D eigenvalue weighted by molar-refractivity contribution is -0.118. The number of aliphatic hydroxyl groups excluding tert-OH is 1. The normalized spacial score (nSPS) is 11.6. The van der Waals surface area contributed by atoms with Gasteiger partial charge in [0.15, 0.2) is 6.61 Å². The molecular weight excluding hydrogens is 372 g/mol. The summed E-state index contributed by atoms with van der Waals surface area (Å²) >= 11 is 0. The van der Waals surface area contributed by atoms with Crippen LogP contribution in [0, 0.1) is 11.8 Å². The highest BCUT2D eigenvalue weighted by Gasteiger charge is 2.14. The van der Waals surface area contributed by atoms with Crippen molar-refractivity contribution in [2.24, 2.45) is 11.8 Å². The summed E-state index contributed by atoms with van der Waals surface area (Å²) in [4.78, 5) is 24.2. The first-order valence-electron chi connectivity index (χ1n) is 9.48. The Morgan fingerprint density at radius 2 is 1.79 bits per heavy atom. The van der Waals surface area contributed by atoms with E-state index in [1.54, 1.807) is 55.6 Å². The van der Waals surface area contributed by atoms with Gasteiger partial charge in [-0.1, -0.05) is 19.9 Å². The van der Waals surface area contributed by atoms with E-state index < -0.39 is 0 Å². The Kier molecular flexibility index (Phi) is 8.48. The monoisotopic (exact) mass is 400 g/mol. The Hall–Kier alpha value is -3.06. The zero-order chi connectivity index (χ0) is 21.2. The lowest BCUT2D eigenvalue weighted by atomic mass is 9.97. The maximum atomic E-state index is 12.2. The van der Waals surface area contributed by atoms with Crippen LogP contribution in [0.2, 0.25) is 0 Å². The number of hydrogen-bond donors (Lipinski definition) is 3. The van der Waals surface area contributed by atoms with Gasteiger partial charge in [-0.25, -0.2) is 0 Å². The largest absolute Gasteiger partial charge is 0.497 e. The van der Waals surface area contributed by atoms with Crippen LogP contribution in [0.4, 0.5) is 5.69 Å². The van der Waals surface area contributed by atoms with E-state index in [4.69, 9.17) is 9.47 Å². The van der Waals surface area contributed by atoms with Gasteiger partial charge in [-0.3, -0.25) is 9.59 Å². The van der Waals surface area contributed by atoms with Crippen LogP contribution in [0.3, 0.4) is 0 Å². The molecule has 156 valence electrons. The third-order valence-electron chi connectivity index (χ3n) is 4.54. The Labute approximate surface area is 171 Å². The molecule has 0 bridgehead atoms. The molecule has 0 heterocycles. The Bertz CT molecular complexity index is 805. The Morgan fingerprint density at radius 3 is 2.41 bits per heavy atom. The third-order valence-corrected chi connectivity index (χ3v) is 4.54. The number of aliphatic hydroxyl groups is 1. The number of hydrogen-bond acceptors (Lipinski definition) is 5. The van der Waals surface area contributed by atoms with Crippen molar-refractivity contribution in [3.8, 4) is 11.5 Å². The molecule has 1 atom stereocenters. The summed E-state index contributed by atoms with van der Waals surface area (Å²) in [5.41, 5.74) is 1.10.